The number of fused-ring (bicyclic) bond motifs is 3. The van der Waals surface area contributed by atoms with Gasteiger partial charge < -0.3 is 21.1 Å². The molecule has 3 rings (SSSR count). The highest BCUT2D eigenvalue weighted by Gasteiger charge is 2.59. The van der Waals surface area contributed by atoms with Crippen molar-refractivity contribution in [1.29, 1.82) is 0 Å². The van der Waals surface area contributed by atoms with E-state index in [2.05, 4.69) is 6.58 Å². The molecule has 6 nitrogen and oxygen atoms in total. The lowest BCUT2D eigenvalue weighted by atomic mass is 9.54. The SMILES string of the molecule is C=CCN(C)[C@@H]1Cc2ccc(C(N)=O)c(O)c2C2(C)CC(O)C=C[C@@]12O. The number of primary amides is 1. The summed E-state index contributed by atoms with van der Waals surface area (Å²) in [5.74, 6) is -0.932. The van der Waals surface area contributed by atoms with Gasteiger partial charge in [-0.2, -0.15) is 0 Å². The molecular weight excluding hydrogens is 332 g/mol. The fourth-order valence-corrected chi connectivity index (χ4v) is 4.68. The second-order valence-electron chi connectivity index (χ2n) is 7.60. The second-order valence-corrected chi connectivity index (χ2v) is 7.60. The monoisotopic (exact) mass is 358 g/mol. The highest BCUT2D eigenvalue weighted by molar-refractivity contribution is 5.96. The number of likely N-dealkylation sites (N-methyl/N-ethyl adjacent to an activating group) is 1. The maximum Gasteiger partial charge on any atom is 0.252 e. The molecule has 140 valence electrons. The average Bonchev–Trinajstić information content (AvgIpc) is 2.55. The first-order valence-electron chi connectivity index (χ1n) is 8.71. The molecule has 2 aliphatic carbocycles. The molecule has 0 spiro atoms. The quantitative estimate of drug-likeness (QED) is 0.597. The average molecular weight is 358 g/mol. The zero-order valence-electron chi connectivity index (χ0n) is 15.1. The number of nitrogens with two attached hydrogens (primary N) is 1. The number of aliphatic hydroxyl groups is 2. The Kier molecular flexibility index (Phi) is 4.46. The highest BCUT2D eigenvalue weighted by atomic mass is 16.3. The minimum absolute atomic E-state index is 0.0225. The van der Waals surface area contributed by atoms with Crippen molar-refractivity contribution in [2.75, 3.05) is 13.6 Å². The van der Waals surface area contributed by atoms with Crippen LogP contribution in [0, 0.1) is 0 Å². The van der Waals surface area contributed by atoms with Crippen LogP contribution in [0.4, 0.5) is 0 Å². The van der Waals surface area contributed by atoms with Gasteiger partial charge in [-0.1, -0.05) is 31.2 Å². The van der Waals surface area contributed by atoms with E-state index in [0.717, 1.165) is 5.56 Å². The van der Waals surface area contributed by atoms with Crippen molar-refractivity contribution in [3.63, 3.8) is 0 Å². The summed E-state index contributed by atoms with van der Waals surface area (Å²) in [4.78, 5) is 13.7. The van der Waals surface area contributed by atoms with Crippen LogP contribution >= 0.6 is 0 Å². The third kappa shape index (κ3) is 2.48. The molecule has 0 aliphatic heterocycles. The van der Waals surface area contributed by atoms with E-state index < -0.39 is 23.0 Å². The Morgan fingerprint density at radius 1 is 1.50 bits per heavy atom. The Morgan fingerprint density at radius 2 is 2.19 bits per heavy atom. The molecule has 0 aromatic heterocycles. The normalized spacial score (nSPS) is 32.8. The molecule has 0 fully saturated rings. The van der Waals surface area contributed by atoms with Crippen molar-refractivity contribution < 1.29 is 20.1 Å². The number of amides is 1. The Labute approximate surface area is 153 Å². The predicted octanol–water partition coefficient (Wildman–Crippen LogP) is 0.843. The van der Waals surface area contributed by atoms with Crippen LogP contribution < -0.4 is 5.73 Å². The van der Waals surface area contributed by atoms with E-state index in [1.165, 1.54) is 6.07 Å². The summed E-state index contributed by atoms with van der Waals surface area (Å²) in [5.41, 5.74) is 4.43. The number of aromatic hydroxyl groups is 1. The summed E-state index contributed by atoms with van der Waals surface area (Å²) >= 11 is 0. The molecule has 1 aromatic rings. The van der Waals surface area contributed by atoms with Gasteiger partial charge in [-0.05, 0) is 31.5 Å². The fourth-order valence-electron chi connectivity index (χ4n) is 4.68. The minimum Gasteiger partial charge on any atom is -0.507 e. The minimum atomic E-state index is -1.33. The number of carbonyl (C=O) groups excluding carboxylic acids is 1. The zero-order chi connectivity index (χ0) is 19.3. The first kappa shape index (κ1) is 18.6. The van der Waals surface area contributed by atoms with Gasteiger partial charge >= 0.3 is 0 Å². The molecule has 0 saturated heterocycles. The van der Waals surface area contributed by atoms with Crippen molar-refractivity contribution in [3.8, 4) is 5.75 Å². The molecule has 0 saturated carbocycles. The first-order chi connectivity index (χ1) is 12.2. The van der Waals surface area contributed by atoms with Crippen LogP contribution in [-0.4, -0.2) is 57.5 Å². The van der Waals surface area contributed by atoms with Crippen LogP contribution in [0.1, 0.15) is 34.8 Å². The smallest absolute Gasteiger partial charge is 0.252 e. The fraction of sp³-hybridized carbons (Fsp3) is 0.450. The summed E-state index contributed by atoms with van der Waals surface area (Å²) in [5, 5.41) is 32.8. The molecule has 5 N–H and O–H groups in total. The lowest BCUT2D eigenvalue weighted by molar-refractivity contribution is -0.0832. The third-order valence-corrected chi connectivity index (χ3v) is 6.03. The summed E-state index contributed by atoms with van der Waals surface area (Å²) < 4.78 is 0. The van der Waals surface area contributed by atoms with Gasteiger partial charge in [0, 0.05) is 23.6 Å². The molecule has 2 unspecified atom stereocenters. The first-order valence-corrected chi connectivity index (χ1v) is 8.71. The van der Waals surface area contributed by atoms with Crippen molar-refractivity contribution >= 4 is 5.91 Å². The van der Waals surface area contributed by atoms with Crippen molar-refractivity contribution in [1.82, 2.24) is 4.90 Å². The van der Waals surface area contributed by atoms with Crippen LogP contribution in [0.3, 0.4) is 0 Å². The Morgan fingerprint density at radius 3 is 2.81 bits per heavy atom. The van der Waals surface area contributed by atoms with Gasteiger partial charge in [0.25, 0.3) is 5.91 Å². The van der Waals surface area contributed by atoms with E-state index >= 15 is 0 Å². The third-order valence-electron chi connectivity index (χ3n) is 6.03. The van der Waals surface area contributed by atoms with Crippen LogP contribution in [0.15, 0.2) is 36.9 Å². The molecular formula is C20H26N2O4. The van der Waals surface area contributed by atoms with Crippen LogP contribution in [0.2, 0.25) is 0 Å². The highest BCUT2D eigenvalue weighted by Crippen LogP contribution is 2.54. The van der Waals surface area contributed by atoms with Crippen molar-refractivity contribution in [3.05, 3.63) is 53.6 Å². The molecule has 2 aliphatic rings. The Balaban J connectivity index is 2.27. The summed E-state index contributed by atoms with van der Waals surface area (Å²) in [6, 6.07) is 3.02. The molecule has 0 bridgehead atoms. The number of nitrogens with zero attached hydrogens (tertiary/aromatic N) is 1. The van der Waals surface area contributed by atoms with Gasteiger partial charge in [-0.3, -0.25) is 9.69 Å². The molecule has 4 atom stereocenters. The van der Waals surface area contributed by atoms with Gasteiger partial charge in [0.05, 0.1) is 11.7 Å². The van der Waals surface area contributed by atoms with Crippen LogP contribution in [0.25, 0.3) is 0 Å². The van der Waals surface area contributed by atoms with E-state index in [9.17, 15) is 20.1 Å². The Bertz CT molecular complexity index is 790. The van der Waals surface area contributed by atoms with Gasteiger partial charge in [0.15, 0.2) is 0 Å². The van der Waals surface area contributed by atoms with Crippen molar-refractivity contribution in [2.24, 2.45) is 5.73 Å². The number of phenols is 1. The van der Waals surface area contributed by atoms with Crippen LogP contribution in [-0.2, 0) is 11.8 Å². The Hall–Kier alpha value is -2.15. The lowest BCUT2D eigenvalue weighted by Crippen LogP contribution is -2.66. The van der Waals surface area contributed by atoms with Gasteiger partial charge in [0.2, 0.25) is 0 Å². The molecule has 1 aromatic carbocycles. The standard InChI is InChI=1S/C20H26N2O4/c1-4-9-22(3)15-10-12-5-6-14(18(21)25)17(24)16(12)19(2)11-13(23)7-8-20(15,19)26/h4-8,13,15,23-24,26H,1,9-11H2,2-3H3,(H2,21,25)/t13?,15-,19?,20-/m1/s1. The van der Waals surface area contributed by atoms with Crippen LogP contribution in [0.5, 0.6) is 5.75 Å². The van der Waals surface area contributed by atoms with E-state index in [1.807, 2.05) is 18.9 Å². The maximum absolute atomic E-state index is 11.7. The largest absolute Gasteiger partial charge is 0.507 e. The lowest BCUT2D eigenvalue weighted by Gasteiger charge is -2.56. The van der Waals surface area contributed by atoms with Gasteiger partial charge in [-0.15, -0.1) is 6.58 Å². The molecule has 0 heterocycles. The summed E-state index contributed by atoms with van der Waals surface area (Å²) in [6.07, 6.45) is 4.94. The summed E-state index contributed by atoms with van der Waals surface area (Å²) in [6.45, 7) is 6.17. The molecule has 26 heavy (non-hydrogen) atoms. The zero-order valence-corrected chi connectivity index (χ0v) is 15.1. The van der Waals surface area contributed by atoms with Gasteiger partial charge in [-0.25, -0.2) is 0 Å². The number of carbonyl (C=O) groups is 1. The van der Waals surface area contributed by atoms with Crippen molar-refractivity contribution in [2.45, 2.75) is 42.9 Å². The van der Waals surface area contributed by atoms with E-state index in [4.69, 9.17) is 5.73 Å². The number of benzene rings is 1. The number of rotatable bonds is 4. The molecule has 6 heteroatoms. The number of hydrogen-bond acceptors (Lipinski definition) is 5. The number of hydrogen-bond donors (Lipinski definition) is 4. The topological polar surface area (TPSA) is 107 Å². The van der Waals surface area contributed by atoms with Gasteiger partial charge in [0.1, 0.15) is 11.4 Å². The van der Waals surface area contributed by atoms with E-state index in [-0.39, 0.29) is 23.8 Å². The van der Waals surface area contributed by atoms with E-state index in [0.29, 0.717) is 18.5 Å². The second kappa shape index (κ2) is 6.23. The molecule has 1 amide bonds. The number of aliphatic hydroxyl groups excluding tert-OH is 1. The van der Waals surface area contributed by atoms with E-state index in [1.54, 1.807) is 24.3 Å². The predicted molar refractivity (Wildman–Crippen MR) is 99.0 cm³/mol. The maximum atomic E-state index is 11.7. The molecule has 0 radical (unpaired) electrons. The summed E-state index contributed by atoms with van der Waals surface area (Å²) in [7, 11) is 1.91.